The van der Waals surface area contributed by atoms with Crippen molar-refractivity contribution in [3.05, 3.63) is 52.0 Å². The fraction of sp³-hybridized carbons (Fsp3) is 0.167. The molecule has 0 aromatic heterocycles. The fourth-order valence-corrected chi connectivity index (χ4v) is 2.96. The van der Waals surface area contributed by atoms with Gasteiger partial charge < -0.3 is 15.4 Å². The summed E-state index contributed by atoms with van der Waals surface area (Å²) in [5, 5.41) is 6.65. The number of benzene rings is 2. The van der Waals surface area contributed by atoms with Crippen molar-refractivity contribution in [3.8, 4) is 5.75 Å². The van der Waals surface area contributed by atoms with Crippen molar-refractivity contribution in [1.82, 2.24) is 10.9 Å². The molecule has 0 atom stereocenters. The summed E-state index contributed by atoms with van der Waals surface area (Å²) in [4.78, 5) is 23.3. The number of hydrazine groups is 1. The van der Waals surface area contributed by atoms with Gasteiger partial charge in [0.1, 0.15) is 5.75 Å². The highest BCUT2D eigenvalue weighted by Crippen LogP contribution is 2.27. The molecule has 0 saturated heterocycles. The number of anilines is 2. The van der Waals surface area contributed by atoms with Gasteiger partial charge >= 0.3 is 0 Å². The molecule has 1 heterocycles. The zero-order valence-corrected chi connectivity index (χ0v) is 16.8. The van der Waals surface area contributed by atoms with E-state index in [-0.39, 0.29) is 17.6 Å². The van der Waals surface area contributed by atoms with Crippen LogP contribution in [-0.4, -0.2) is 23.5 Å². The molecule has 3 rings (SSSR count). The van der Waals surface area contributed by atoms with E-state index in [1.807, 2.05) is 6.07 Å². The maximum absolute atomic E-state index is 11.9. The minimum Gasteiger partial charge on any atom is -0.484 e. The van der Waals surface area contributed by atoms with Crippen LogP contribution in [0.4, 0.5) is 11.4 Å². The Morgan fingerprint density at radius 2 is 1.93 bits per heavy atom. The van der Waals surface area contributed by atoms with Gasteiger partial charge in [-0.15, -0.1) is 0 Å². The summed E-state index contributed by atoms with van der Waals surface area (Å²) >= 11 is 16.9. The summed E-state index contributed by atoms with van der Waals surface area (Å²) in [6, 6.07) is 10.2. The van der Waals surface area contributed by atoms with Crippen LogP contribution in [0.15, 0.2) is 36.4 Å². The highest BCUT2D eigenvalue weighted by molar-refractivity contribution is 7.80. The van der Waals surface area contributed by atoms with Crippen LogP contribution in [-0.2, 0) is 16.0 Å². The van der Waals surface area contributed by atoms with Crippen molar-refractivity contribution in [1.29, 1.82) is 0 Å². The van der Waals surface area contributed by atoms with E-state index in [9.17, 15) is 9.59 Å². The van der Waals surface area contributed by atoms with Crippen LogP contribution in [0.1, 0.15) is 12.0 Å². The van der Waals surface area contributed by atoms with E-state index in [2.05, 4.69) is 21.5 Å². The third-order valence-electron chi connectivity index (χ3n) is 3.84. The largest absolute Gasteiger partial charge is 0.484 e. The monoisotopic (exact) mass is 438 g/mol. The average Bonchev–Trinajstić information content (AvgIpc) is 2.67. The molecule has 10 heteroatoms. The molecule has 7 nitrogen and oxygen atoms in total. The predicted molar refractivity (Wildman–Crippen MR) is 113 cm³/mol. The molecule has 0 radical (unpaired) electrons. The van der Waals surface area contributed by atoms with Gasteiger partial charge in [0.15, 0.2) is 11.7 Å². The van der Waals surface area contributed by atoms with Crippen molar-refractivity contribution < 1.29 is 14.3 Å². The van der Waals surface area contributed by atoms with E-state index >= 15 is 0 Å². The van der Waals surface area contributed by atoms with Gasteiger partial charge in [-0.25, -0.2) is 0 Å². The molecule has 0 fully saturated rings. The molecule has 2 amide bonds. The molecule has 1 aliphatic heterocycles. The molecule has 2 aromatic carbocycles. The molecule has 4 N–H and O–H groups in total. The van der Waals surface area contributed by atoms with Gasteiger partial charge in [-0.3, -0.25) is 20.4 Å². The number of ether oxygens (including phenoxy) is 1. The first kappa shape index (κ1) is 20.2. The van der Waals surface area contributed by atoms with E-state index in [1.165, 1.54) is 0 Å². The summed E-state index contributed by atoms with van der Waals surface area (Å²) in [7, 11) is 0. The highest BCUT2D eigenvalue weighted by atomic mass is 35.5. The van der Waals surface area contributed by atoms with E-state index < -0.39 is 5.91 Å². The first-order valence-corrected chi connectivity index (χ1v) is 9.43. The number of aryl methyl sites for hydroxylation is 1. The smallest absolute Gasteiger partial charge is 0.276 e. The van der Waals surface area contributed by atoms with E-state index in [4.69, 9.17) is 40.2 Å². The molecule has 0 bridgehead atoms. The van der Waals surface area contributed by atoms with Crippen LogP contribution in [0.5, 0.6) is 5.75 Å². The van der Waals surface area contributed by atoms with Crippen molar-refractivity contribution in [2.24, 2.45) is 0 Å². The van der Waals surface area contributed by atoms with Crippen molar-refractivity contribution >= 4 is 63.7 Å². The Kier molecular flexibility index (Phi) is 6.56. The number of carbonyl (C=O) groups is 2. The maximum atomic E-state index is 11.9. The molecule has 1 aliphatic rings. The lowest BCUT2D eigenvalue weighted by Gasteiger charge is -2.17. The second-order valence-corrected chi connectivity index (χ2v) is 7.13. The van der Waals surface area contributed by atoms with Crippen LogP contribution in [0, 0.1) is 0 Å². The zero-order valence-electron chi connectivity index (χ0n) is 14.5. The van der Waals surface area contributed by atoms with Gasteiger partial charge in [0.2, 0.25) is 5.91 Å². The van der Waals surface area contributed by atoms with Crippen LogP contribution in [0.3, 0.4) is 0 Å². The maximum Gasteiger partial charge on any atom is 0.276 e. The Morgan fingerprint density at radius 1 is 1.11 bits per heavy atom. The van der Waals surface area contributed by atoms with Crippen molar-refractivity contribution in [3.63, 3.8) is 0 Å². The van der Waals surface area contributed by atoms with Crippen LogP contribution >= 0.6 is 35.4 Å². The summed E-state index contributed by atoms with van der Waals surface area (Å²) in [5.74, 6) is 0.128. The summed E-state index contributed by atoms with van der Waals surface area (Å²) in [6.45, 7) is -0.201. The van der Waals surface area contributed by atoms with Gasteiger partial charge in [-0.1, -0.05) is 23.2 Å². The average molecular weight is 439 g/mol. The lowest BCUT2D eigenvalue weighted by molar-refractivity contribution is -0.123. The van der Waals surface area contributed by atoms with Crippen molar-refractivity contribution in [2.45, 2.75) is 12.8 Å². The third kappa shape index (κ3) is 5.48. The van der Waals surface area contributed by atoms with Gasteiger partial charge in [-0.2, -0.15) is 0 Å². The second kappa shape index (κ2) is 9.09. The van der Waals surface area contributed by atoms with E-state index in [0.29, 0.717) is 34.3 Å². The second-order valence-electron chi connectivity index (χ2n) is 5.91. The van der Waals surface area contributed by atoms with Crippen LogP contribution < -0.4 is 26.2 Å². The fourth-order valence-electron chi connectivity index (χ4n) is 2.50. The zero-order chi connectivity index (χ0) is 20.1. The number of nitrogens with one attached hydrogen (secondary N) is 4. The molecule has 2 aromatic rings. The summed E-state index contributed by atoms with van der Waals surface area (Å²) < 4.78 is 5.48. The number of halogens is 2. The molecular formula is C18H16Cl2N4O3S. The molecule has 28 heavy (non-hydrogen) atoms. The topological polar surface area (TPSA) is 91.5 Å². The molecular weight excluding hydrogens is 423 g/mol. The highest BCUT2D eigenvalue weighted by Gasteiger charge is 2.15. The number of thiocarbonyl (C=S) groups is 1. The molecule has 0 spiro atoms. The number of hydrogen-bond acceptors (Lipinski definition) is 4. The molecule has 0 saturated carbocycles. The Labute approximate surface area is 176 Å². The lowest BCUT2D eigenvalue weighted by Crippen LogP contribution is -2.45. The minimum absolute atomic E-state index is 0.00271. The van der Waals surface area contributed by atoms with Crippen LogP contribution in [0.2, 0.25) is 10.0 Å². The third-order valence-corrected chi connectivity index (χ3v) is 4.78. The van der Waals surface area contributed by atoms with Crippen molar-refractivity contribution in [2.75, 3.05) is 17.2 Å². The molecule has 0 unspecified atom stereocenters. The number of amides is 2. The molecule has 146 valence electrons. The first-order valence-electron chi connectivity index (χ1n) is 8.27. The SMILES string of the molecule is O=C(COc1ccc2c(c1)CCC(=O)N2)NNC(=S)Nc1ccc(Cl)c(Cl)c1. The Morgan fingerprint density at radius 3 is 2.71 bits per heavy atom. The van der Waals surface area contributed by atoms with Gasteiger partial charge in [0.05, 0.1) is 10.0 Å². The summed E-state index contributed by atoms with van der Waals surface area (Å²) in [5.41, 5.74) is 7.38. The quantitative estimate of drug-likeness (QED) is 0.432. The number of fused-ring (bicyclic) bond motifs is 1. The van der Waals surface area contributed by atoms with E-state index in [1.54, 1.807) is 30.3 Å². The standard InChI is InChI=1S/C18H16Cl2N4O3S/c19-13-4-2-11(8-14(13)20)21-18(28)24-23-17(26)9-27-12-3-5-15-10(7-12)1-6-16(25)22-15/h2-5,7-8H,1,6,9H2,(H,22,25)(H,23,26)(H2,21,24,28). The Hall–Kier alpha value is -2.55. The predicted octanol–water partition coefficient (Wildman–Crippen LogP) is 3.27. The lowest BCUT2D eigenvalue weighted by atomic mass is 10.0. The minimum atomic E-state index is -0.413. The number of rotatable bonds is 4. The van der Waals surface area contributed by atoms with Gasteiger partial charge in [0.25, 0.3) is 5.91 Å². The first-order chi connectivity index (χ1) is 13.4. The number of hydrogen-bond donors (Lipinski definition) is 4. The summed E-state index contributed by atoms with van der Waals surface area (Å²) in [6.07, 6.45) is 1.07. The number of carbonyl (C=O) groups excluding carboxylic acids is 2. The van der Waals surface area contributed by atoms with E-state index in [0.717, 1.165) is 11.3 Å². The van der Waals surface area contributed by atoms with Crippen LogP contribution in [0.25, 0.3) is 0 Å². The van der Waals surface area contributed by atoms with Gasteiger partial charge in [0, 0.05) is 17.8 Å². The normalized spacial score (nSPS) is 12.4. The molecule has 0 aliphatic carbocycles. The Balaban J connectivity index is 1.43. The Bertz CT molecular complexity index is 939. The van der Waals surface area contributed by atoms with Gasteiger partial charge in [-0.05, 0) is 60.6 Å².